The summed E-state index contributed by atoms with van der Waals surface area (Å²) in [5.41, 5.74) is 4.76. The van der Waals surface area contributed by atoms with Crippen LogP contribution >= 0.6 is 0 Å². The van der Waals surface area contributed by atoms with E-state index in [0.29, 0.717) is 6.04 Å². The zero-order valence-electron chi connectivity index (χ0n) is 8.46. The van der Waals surface area contributed by atoms with Gasteiger partial charge in [-0.1, -0.05) is 0 Å². The van der Waals surface area contributed by atoms with Crippen LogP contribution in [0.1, 0.15) is 20.8 Å². The Morgan fingerprint density at radius 1 is 1.42 bits per heavy atom. The van der Waals surface area contributed by atoms with Gasteiger partial charge in [0, 0.05) is 11.7 Å². The third kappa shape index (κ3) is 13.4. The van der Waals surface area contributed by atoms with Gasteiger partial charge >= 0.3 is 51.4 Å². The molecule has 66 valence electrons. The molecule has 0 aliphatic heterocycles. The number of allylic oxidation sites excluding steroid dienone is 3. The largest absolute Gasteiger partial charge is 1.00 e. The van der Waals surface area contributed by atoms with Crippen LogP contribution < -0.4 is 62.4 Å². The van der Waals surface area contributed by atoms with E-state index in [1.807, 2.05) is 19.1 Å². The van der Waals surface area contributed by atoms with Crippen LogP contribution in [0.2, 0.25) is 0 Å². The summed E-state index contributed by atoms with van der Waals surface area (Å²) in [7, 11) is 0. The Balaban J connectivity index is -0.000000405. The normalized spacial score (nSPS) is 10.9. The van der Waals surface area contributed by atoms with E-state index < -0.39 is 0 Å². The van der Waals surface area contributed by atoms with E-state index in [1.54, 1.807) is 6.20 Å². The first kappa shape index (κ1) is 18.6. The van der Waals surface area contributed by atoms with Crippen LogP contribution in [-0.4, -0.2) is 11.5 Å². The molecule has 0 aliphatic rings. The van der Waals surface area contributed by atoms with Gasteiger partial charge in [-0.2, -0.15) is 0 Å². The Kier molecular flexibility index (Phi) is 18.3. The Hall–Kier alpha value is 0.836. The van der Waals surface area contributed by atoms with Gasteiger partial charge in [0.1, 0.15) is 0 Å². The smallest absolute Gasteiger partial charge is 0.870 e. The van der Waals surface area contributed by atoms with Crippen molar-refractivity contribution in [2.24, 2.45) is 0 Å². The average molecular weight is 197 g/mol. The van der Waals surface area contributed by atoms with Crippen molar-refractivity contribution < 1.29 is 62.6 Å². The van der Waals surface area contributed by atoms with Crippen molar-refractivity contribution in [1.82, 2.24) is 5.32 Å². The van der Waals surface area contributed by atoms with Crippen molar-refractivity contribution in [3.05, 3.63) is 24.0 Å². The molecule has 0 radical (unpaired) electrons. The molecule has 0 bridgehead atoms. The fraction of sp³-hybridized carbons (Fsp3) is 0.500. The first-order valence-electron chi connectivity index (χ1n) is 3.56. The number of hydrogen-bond acceptors (Lipinski definition) is 2. The molecule has 5 N–H and O–H groups in total. The van der Waals surface area contributed by atoms with Crippen LogP contribution in [0.3, 0.4) is 0 Å². The predicted molar refractivity (Wildman–Crippen MR) is 46.0 cm³/mol. The fourth-order valence-corrected chi connectivity index (χ4v) is 0.716. The fourth-order valence-electron chi connectivity index (χ4n) is 0.716. The molecule has 0 heterocycles. The van der Waals surface area contributed by atoms with Crippen LogP contribution in [-0.2, 0) is 0 Å². The minimum absolute atomic E-state index is 0. The number of rotatable bonds is 3. The topological polar surface area (TPSA) is 69.7 Å². The van der Waals surface area contributed by atoms with Crippen LogP contribution in [0.5, 0.6) is 0 Å². The Labute approximate surface area is 117 Å². The molecule has 0 saturated carbocycles. The van der Waals surface area contributed by atoms with Crippen molar-refractivity contribution in [2.45, 2.75) is 26.8 Å². The van der Waals surface area contributed by atoms with Crippen molar-refractivity contribution >= 4 is 0 Å². The molecule has 0 aromatic rings. The maximum absolute atomic E-state index is 3.58. The molecule has 0 spiro atoms. The van der Waals surface area contributed by atoms with Crippen LogP contribution in [0, 0.1) is 0 Å². The molecule has 0 rings (SSSR count). The summed E-state index contributed by atoms with van der Waals surface area (Å²) in [6.45, 7) is 6.27. The van der Waals surface area contributed by atoms with Gasteiger partial charge in [-0.25, -0.2) is 0 Å². The molecule has 12 heavy (non-hydrogen) atoms. The van der Waals surface area contributed by atoms with Crippen molar-refractivity contribution in [2.75, 3.05) is 0 Å². The van der Waals surface area contributed by atoms with Gasteiger partial charge in [0.15, 0.2) is 0 Å². The van der Waals surface area contributed by atoms with Crippen LogP contribution in [0.25, 0.3) is 0 Å². The molecule has 4 heteroatoms. The maximum Gasteiger partial charge on any atom is 1.00 e. The van der Waals surface area contributed by atoms with E-state index in [9.17, 15) is 0 Å². The number of nitrogens with one attached hydrogen (secondary N) is 1. The van der Waals surface area contributed by atoms with E-state index in [0.717, 1.165) is 0 Å². The van der Waals surface area contributed by atoms with E-state index in [-0.39, 0.29) is 56.9 Å². The summed E-state index contributed by atoms with van der Waals surface area (Å²) in [5.74, 6) is 0. The van der Waals surface area contributed by atoms with Crippen molar-refractivity contribution in [3.8, 4) is 0 Å². The summed E-state index contributed by atoms with van der Waals surface area (Å²) < 4.78 is 0. The molecule has 0 saturated heterocycles. The van der Waals surface area contributed by atoms with E-state index in [2.05, 4.69) is 24.9 Å². The number of hydrogen-bond donors (Lipinski definition) is 2. The molecule has 3 nitrogen and oxygen atoms in total. The van der Waals surface area contributed by atoms with Crippen molar-refractivity contribution in [3.63, 3.8) is 0 Å². The summed E-state index contributed by atoms with van der Waals surface area (Å²) in [6.07, 6.45) is 5.70. The SMILES string of the molecule is C/C(=C\C=C/[NH3+])NC(C)C.[K+].[OH-]. The Morgan fingerprint density at radius 2 is 1.92 bits per heavy atom. The Bertz CT molecular complexity index is 144. The molecule has 0 atom stereocenters. The van der Waals surface area contributed by atoms with Crippen LogP contribution in [0.15, 0.2) is 24.0 Å². The van der Waals surface area contributed by atoms with Crippen molar-refractivity contribution in [1.29, 1.82) is 0 Å². The van der Waals surface area contributed by atoms with E-state index in [4.69, 9.17) is 0 Å². The second kappa shape index (κ2) is 11.8. The number of quaternary nitrogens is 1. The minimum atomic E-state index is 0. The van der Waals surface area contributed by atoms with Gasteiger partial charge in [-0.15, -0.1) is 0 Å². The third-order valence-electron chi connectivity index (χ3n) is 0.999. The van der Waals surface area contributed by atoms with Gasteiger partial charge in [0.2, 0.25) is 0 Å². The molecule has 0 aromatic carbocycles. The third-order valence-corrected chi connectivity index (χ3v) is 0.999. The minimum Gasteiger partial charge on any atom is -0.870 e. The van der Waals surface area contributed by atoms with Gasteiger partial charge in [-0.05, 0) is 32.9 Å². The molecule has 0 amide bonds. The second-order valence-corrected chi connectivity index (χ2v) is 2.58. The summed E-state index contributed by atoms with van der Waals surface area (Å²) in [4.78, 5) is 0. The molecule has 0 unspecified atom stereocenters. The summed E-state index contributed by atoms with van der Waals surface area (Å²) in [5, 5.41) is 3.26. The average Bonchev–Trinajstić information content (AvgIpc) is 1.82. The predicted octanol–water partition coefficient (Wildman–Crippen LogP) is -2.53. The maximum atomic E-state index is 3.58. The van der Waals surface area contributed by atoms with Gasteiger partial charge in [0.05, 0.1) is 6.20 Å². The zero-order chi connectivity index (χ0) is 7.98. The second-order valence-electron chi connectivity index (χ2n) is 2.58. The first-order chi connectivity index (χ1) is 4.66. The standard InChI is InChI=1S/C8H16N2.K.H2O/c1-7(2)10-8(3)5-4-6-9;;/h4-7,10H,9H2,1-3H3;;1H2/q;+1;/b6-4-,8-5+;;. The molecule has 0 aromatic heterocycles. The van der Waals surface area contributed by atoms with Gasteiger partial charge in [0.25, 0.3) is 0 Å². The van der Waals surface area contributed by atoms with Gasteiger partial charge in [-0.3, -0.25) is 0 Å². The van der Waals surface area contributed by atoms with Gasteiger partial charge < -0.3 is 16.5 Å². The zero-order valence-corrected chi connectivity index (χ0v) is 11.6. The Morgan fingerprint density at radius 3 is 2.25 bits per heavy atom. The van der Waals surface area contributed by atoms with E-state index >= 15 is 0 Å². The molecule has 0 fully saturated rings. The summed E-state index contributed by atoms with van der Waals surface area (Å²) in [6, 6.07) is 0.509. The van der Waals surface area contributed by atoms with E-state index in [1.165, 1.54) is 5.70 Å². The molecular weight excluding hydrogens is 179 g/mol. The first-order valence-corrected chi connectivity index (χ1v) is 3.56. The molecule has 0 aliphatic carbocycles. The quantitative estimate of drug-likeness (QED) is 0.387. The van der Waals surface area contributed by atoms with Crippen LogP contribution in [0.4, 0.5) is 0 Å². The summed E-state index contributed by atoms with van der Waals surface area (Å²) >= 11 is 0. The molecular formula is C8H18KN2O+. The monoisotopic (exact) mass is 197 g/mol.